The van der Waals surface area contributed by atoms with E-state index in [1.165, 1.54) is 0 Å². The Hall–Kier alpha value is -0.740. The predicted octanol–water partition coefficient (Wildman–Crippen LogP) is -1.79. The quantitative estimate of drug-likeness (QED) is 0.173. The van der Waals surface area contributed by atoms with Crippen molar-refractivity contribution in [1.29, 1.82) is 0 Å². The maximum Gasteiger partial charge on any atom is 0.471 e. The van der Waals surface area contributed by atoms with Crippen molar-refractivity contribution in [2.75, 3.05) is 6.61 Å². The molecule has 0 saturated carbocycles. The van der Waals surface area contributed by atoms with Crippen molar-refractivity contribution < 1.29 is 38.9 Å². The number of hydrogen-bond acceptors (Lipinski definition) is 7. The smallest absolute Gasteiger partial charge is 0.394 e. The molecule has 0 aromatic carbocycles. The fourth-order valence-electron chi connectivity index (χ4n) is 1.47. The van der Waals surface area contributed by atoms with E-state index in [0.29, 0.717) is 0 Å². The summed E-state index contributed by atoms with van der Waals surface area (Å²) in [7, 11) is -4.96. The van der Waals surface area contributed by atoms with E-state index in [-0.39, 0.29) is 0 Å². The molecule has 1 saturated heterocycles. The normalized spacial score (nSPS) is 37.1. The summed E-state index contributed by atoms with van der Waals surface area (Å²) in [4.78, 5) is 19.6. The average molecular weight is 285 g/mol. The molecule has 0 amide bonds. The average Bonchev–Trinajstić information content (AvgIpc) is 2.26. The molecule has 18 heavy (non-hydrogen) atoms. The van der Waals surface area contributed by atoms with Crippen LogP contribution in [-0.2, 0) is 13.8 Å². The van der Waals surface area contributed by atoms with Gasteiger partial charge in [0.15, 0.2) is 6.29 Å². The minimum atomic E-state index is -4.96. The van der Waals surface area contributed by atoms with Crippen molar-refractivity contribution >= 4 is 7.82 Å². The van der Waals surface area contributed by atoms with Gasteiger partial charge in [-0.05, 0) is 5.53 Å². The maximum absolute atomic E-state index is 10.7. The molecule has 5 N–H and O–H groups in total. The molecule has 5 atom stereocenters. The molecule has 1 aliphatic rings. The summed E-state index contributed by atoms with van der Waals surface area (Å²) in [5, 5.41) is 31.0. The number of hydrogen-bond donors (Lipinski definition) is 5. The molecule has 1 rings (SSSR count). The maximum atomic E-state index is 10.7. The van der Waals surface area contributed by atoms with Gasteiger partial charge in [-0.2, -0.15) is 0 Å². The molecule has 1 fully saturated rings. The zero-order valence-electron chi connectivity index (χ0n) is 8.84. The van der Waals surface area contributed by atoms with E-state index in [9.17, 15) is 14.8 Å². The molecule has 1 aliphatic heterocycles. The zero-order valence-corrected chi connectivity index (χ0v) is 9.74. The van der Waals surface area contributed by atoms with Gasteiger partial charge in [0.25, 0.3) is 0 Å². The summed E-state index contributed by atoms with van der Waals surface area (Å²) in [6.45, 7) is -0.720. The molecule has 0 radical (unpaired) electrons. The van der Waals surface area contributed by atoms with Gasteiger partial charge < -0.3 is 29.8 Å². The van der Waals surface area contributed by atoms with E-state index < -0.39 is 45.1 Å². The van der Waals surface area contributed by atoms with Gasteiger partial charge in [-0.15, -0.1) is 0 Å². The van der Waals surface area contributed by atoms with E-state index in [2.05, 4.69) is 14.5 Å². The number of aliphatic hydroxyl groups excluding tert-OH is 3. The SMILES string of the molecule is [N-]=[N+]=N[C@H]1C(OP(=O)(O)O)O[C@H](CO)[C@H](O)[C@@H]1O. The first-order valence-electron chi connectivity index (χ1n) is 4.70. The number of ether oxygens (including phenoxy) is 1. The minimum absolute atomic E-state index is 0.720. The largest absolute Gasteiger partial charge is 0.471 e. The molecule has 0 aromatic rings. The van der Waals surface area contributed by atoms with Crippen molar-refractivity contribution in [3.63, 3.8) is 0 Å². The highest BCUT2D eigenvalue weighted by Crippen LogP contribution is 2.41. The van der Waals surface area contributed by atoms with Gasteiger partial charge in [-0.3, -0.25) is 4.52 Å². The third kappa shape index (κ3) is 3.62. The van der Waals surface area contributed by atoms with Gasteiger partial charge in [-0.25, -0.2) is 4.57 Å². The monoisotopic (exact) mass is 285 g/mol. The van der Waals surface area contributed by atoms with E-state index in [1.807, 2.05) is 0 Å². The molecule has 0 spiro atoms. The summed E-state index contributed by atoms with van der Waals surface area (Å²) in [5.41, 5.74) is 8.27. The van der Waals surface area contributed by atoms with E-state index in [1.54, 1.807) is 0 Å². The van der Waals surface area contributed by atoms with Gasteiger partial charge >= 0.3 is 7.82 Å². The lowest BCUT2D eigenvalue weighted by atomic mass is 9.98. The number of azide groups is 1. The van der Waals surface area contributed by atoms with Crippen LogP contribution in [-0.4, -0.2) is 62.4 Å². The second kappa shape index (κ2) is 5.93. The lowest BCUT2D eigenvalue weighted by Crippen LogP contribution is -2.58. The fourth-order valence-corrected chi connectivity index (χ4v) is 1.92. The zero-order chi connectivity index (χ0) is 13.9. The lowest BCUT2D eigenvalue weighted by Gasteiger charge is -2.39. The lowest BCUT2D eigenvalue weighted by molar-refractivity contribution is -0.242. The van der Waals surface area contributed by atoms with Crippen molar-refractivity contribution in [2.24, 2.45) is 5.11 Å². The standard InChI is InChI=1S/C6H12N3O8P/c7-9-8-3-5(12)4(11)2(1-10)16-6(3)17-18(13,14)15/h2-6,10-12H,1H2,(H2,13,14,15)/t2-,3-,4+,5-,6?/m1/s1. The number of nitrogens with zero attached hydrogens (tertiary/aromatic N) is 3. The second-order valence-electron chi connectivity index (χ2n) is 3.50. The van der Waals surface area contributed by atoms with E-state index in [4.69, 9.17) is 25.2 Å². The summed E-state index contributed by atoms with van der Waals surface area (Å²) in [5.74, 6) is 0. The van der Waals surface area contributed by atoms with E-state index >= 15 is 0 Å². The van der Waals surface area contributed by atoms with Gasteiger partial charge in [0.05, 0.1) is 12.7 Å². The van der Waals surface area contributed by atoms with Crippen molar-refractivity contribution in [3.05, 3.63) is 10.4 Å². The van der Waals surface area contributed by atoms with Crippen molar-refractivity contribution in [1.82, 2.24) is 0 Å². The second-order valence-corrected chi connectivity index (χ2v) is 4.69. The summed E-state index contributed by atoms with van der Waals surface area (Å²) in [6.07, 6.45) is -6.37. The van der Waals surface area contributed by atoms with Crippen LogP contribution in [0.5, 0.6) is 0 Å². The highest BCUT2D eigenvalue weighted by Gasteiger charge is 2.46. The van der Waals surface area contributed by atoms with Crippen LogP contribution in [0.2, 0.25) is 0 Å². The fraction of sp³-hybridized carbons (Fsp3) is 1.00. The third-order valence-corrected chi connectivity index (χ3v) is 2.76. The number of phosphoric acid groups is 1. The Kier molecular flexibility index (Phi) is 5.05. The van der Waals surface area contributed by atoms with Crippen LogP contribution in [0.15, 0.2) is 5.11 Å². The Balaban J connectivity index is 2.95. The molecule has 0 aromatic heterocycles. The summed E-state index contributed by atoms with van der Waals surface area (Å²) < 4.78 is 19.7. The molecular weight excluding hydrogens is 273 g/mol. The minimum Gasteiger partial charge on any atom is -0.394 e. The highest BCUT2D eigenvalue weighted by atomic mass is 31.2. The third-order valence-electron chi connectivity index (χ3n) is 2.27. The molecule has 0 bridgehead atoms. The first-order valence-corrected chi connectivity index (χ1v) is 6.23. The number of phosphoric ester groups is 1. The van der Waals surface area contributed by atoms with Crippen molar-refractivity contribution in [2.45, 2.75) is 30.6 Å². The summed E-state index contributed by atoms with van der Waals surface area (Å²) in [6, 6.07) is -1.56. The molecule has 1 unspecified atom stereocenters. The van der Waals surface area contributed by atoms with Crippen molar-refractivity contribution in [3.8, 4) is 0 Å². The molecule has 12 heteroatoms. The van der Waals surface area contributed by atoms with E-state index in [0.717, 1.165) is 0 Å². The van der Waals surface area contributed by atoms with Gasteiger partial charge in [-0.1, -0.05) is 5.11 Å². The Labute approximate surface area is 100 Å². The van der Waals surface area contributed by atoms with Crippen LogP contribution in [0.1, 0.15) is 0 Å². The van der Waals surface area contributed by atoms with Crippen LogP contribution in [0.4, 0.5) is 0 Å². The van der Waals surface area contributed by atoms with Gasteiger partial charge in [0.1, 0.15) is 18.2 Å². The van der Waals surface area contributed by atoms with Crippen LogP contribution >= 0.6 is 7.82 Å². The Morgan fingerprint density at radius 2 is 2.00 bits per heavy atom. The summed E-state index contributed by atoms with van der Waals surface area (Å²) >= 11 is 0. The Morgan fingerprint density at radius 1 is 1.39 bits per heavy atom. The topological polar surface area (TPSA) is 185 Å². The first-order chi connectivity index (χ1) is 8.30. The van der Waals surface area contributed by atoms with Crippen LogP contribution < -0.4 is 0 Å². The number of rotatable bonds is 4. The van der Waals surface area contributed by atoms with Gasteiger partial charge in [0.2, 0.25) is 0 Å². The van der Waals surface area contributed by atoms with Crippen LogP contribution in [0.3, 0.4) is 0 Å². The molecular formula is C6H12N3O8P. The Bertz CT molecular complexity index is 381. The number of aliphatic hydroxyl groups is 3. The highest BCUT2D eigenvalue weighted by molar-refractivity contribution is 7.46. The molecule has 1 heterocycles. The molecule has 11 nitrogen and oxygen atoms in total. The predicted molar refractivity (Wildman–Crippen MR) is 53.8 cm³/mol. The molecule has 0 aliphatic carbocycles. The van der Waals surface area contributed by atoms with Gasteiger partial charge in [0, 0.05) is 4.91 Å². The molecule has 104 valence electrons. The first kappa shape index (κ1) is 15.3. The van der Waals surface area contributed by atoms with Crippen LogP contribution in [0, 0.1) is 0 Å². The van der Waals surface area contributed by atoms with Crippen LogP contribution in [0.25, 0.3) is 10.4 Å². The Morgan fingerprint density at radius 3 is 2.44 bits per heavy atom.